The molecule has 0 bridgehead atoms. The van der Waals surface area contributed by atoms with Crippen LogP contribution < -0.4 is 5.32 Å². The lowest BCUT2D eigenvalue weighted by molar-refractivity contribution is -0.137. The standard InChI is InChI=1S/C22H18F3NO3S/c1-29-21(28)17-12-30-13-19(17)26-20(27)11-8-14-6-9-15(10-7-14)16-4-2-3-5-18(16)22(23,24)25/h2-7,9-10,12-13H,8,11H2,1H3,(H,26,27). The van der Waals surface area contributed by atoms with Crippen LogP contribution in [0.5, 0.6) is 0 Å². The molecule has 0 fully saturated rings. The van der Waals surface area contributed by atoms with Crippen LogP contribution in [0.25, 0.3) is 11.1 Å². The lowest BCUT2D eigenvalue weighted by atomic mass is 9.97. The molecule has 0 spiro atoms. The lowest BCUT2D eigenvalue weighted by Gasteiger charge is -2.13. The predicted molar refractivity (Wildman–Crippen MR) is 109 cm³/mol. The number of aryl methyl sites for hydroxylation is 1. The summed E-state index contributed by atoms with van der Waals surface area (Å²) in [6.45, 7) is 0. The summed E-state index contributed by atoms with van der Waals surface area (Å²) in [5.41, 5.74) is 1.39. The van der Waals surface area contributed by atoms with Crippen LogP contribution in [0.2, 0.25) is 0 Å². The van der Waals surface area contributed by atoms with Crippen molar-refractivity contribution in [3.05, 3.63) is 76.0 Å². The smallest absolute Gasteiger partial charge is 0.417 e. The summed E-state index contributed by atoms with van der Waals surface area (Å²) in [5, 5.41) is 5.93. The third-order valence-electron chi connectivity index (χ3n) is 4.48. The first-order chi connectivity index (χ1) is 14.3. The molecule has 0 saturated carbocycles. The number of alkyl halides is 3. The minimum Gasteiger partial charge on any atom is -0.465 e. The third kappa shape index (κ3) is 5.07. The molecule has 0 atom stereocenters. The van der Waals surface area contributed by atoms with E-state index in [-0.39, 0.29) is 17.9 Å². The first-order valence-electron chi connectivity index (χ1n) is 8.99. The van der Waals surface area contributed by atoms with E-state index in [2.05, 4.69) is 10.1 Å². The second kappa shape index (κ2) is 9.13. The molecule has 2 aromatic carbocycles. The third-order valence-corrected chi connectivity index (χ3v) is 5.22. The number of carbonyl (C=O) groups is 2. The van der Waals surface area contributed by atoms with Crippen LogP contribution in [-0.2, 0) is 22.1 Å². The molecule has 4 nitrogen and oxygen atoms in total. The van der Waals surface area contributed by atoms with Crippen molar-refractivity contribution in [2.45, 2.75) is 19.0 Å². The monoisotopic (exact) mass is 433 g/mol. The van der Waals surface area contributed by atoms with Gasteiger partial charge in [0.25, 0.3) is 0 Å². The highest BCUT2D eigenvalue weighted by atomic mass is 32.1. The van der Waals surface area contributed by atoms with Crippen LogP contribution in [0.4, 0.5) is 18.9 Å². The van der Waals surface area contributed by atoms with E-state index in [0.29, 0.717) is 23.2 Å². The highest BCUT2D eigenvalue weighted by molar-refractivity contribution is 7.08. The number of benzene rings is 2. The summed E-state index contributed by atoms with van der Waals surface area (Å²) in [7, 11) is 1.27. The van der Waals surface area contributed by atoms with Gasteiger partial charge >= 0.3 is 12.1 Å². The Labute approximate surface area is 175 Å². The van der Waals surface area contributed by atoms with Crippen molar-refractivity contribution in [1.82, 2.24) is 0 Å². The minimum atomic E-state index is -4.43. The molecule has 1 aromatic heterocycles. The Morgan fingerprint density at radius 2 is 1.73 bits per heavy atom. The largest absolute Gasteiger partial charge is 0.465 e. The second-order valence-corrected chi connectivity index (χ2v) is 7.22. The molecule has 1 heterocycles. The molecule has 0 aliphatic heterocycles. The van der Waals surface area contributed by atoms with Crippen molar-refractivity contribution < 1.29 is 27.5 Å². The average molecular weight is 433 g/mol. The van der Waals surface area contributed by atoms with Gasteiger partial charge in [-0.05, 0) is 29.2 Å². The van der Waals surface area contributed by atoms with Gasteiger partial charge in [-0.3, -0.25) is 4.79 Å². The van der Waals surface area contributed by atoms with Crippen LogP contribution in [0.1, 0.15) is 27.9 Å². The zero-order valence-corrected chi connectivity index (χ0v) is 16.8. The molecule has 30 heavy (non-hydrogen) atoms. The van der Waals surface area contributed by atoms with Gasteiger partial charge < -0.3 is 10.1 Å². The van der Waals surface area contributed by atoms with Gasteiger partial charge in [-0.25, -0.2) is 4.79 Å². The van der Waals surface area contributed by atoms with E-state index in [4.69, 9.17) is 0 Å². The fourth-order valence-corrected chi connectivity index (χ4v) is 3.71. The Balaban J connectivity index is 1.64. The highest BCUT2D eigenvalue weighted by Gasteiger charge is 2.33. The van der Waals surface area contributed by atoms with Gasteiger partial charge in [0.2, 0.25) is 5.91 Å². The Bertz CT molecular complexity index is 1040. The number of methoxy groups -OCH3 is 1. The van der Waals surface area contributed by atoms with Gasteiger partial charge in [0.1, 0.15) is 0 Å². The van der Waals surface area contributed by atoms with Crippen molar-refractivity contribution in [1.29, 1.82) is 0 Å². The normalized spacial score (nSPS) is 11.2. The van der Waals surface area contributed by atoms with Gasteiger partial charge in [0.05, 0.1) is 23.9 Å². The lowest BCUT2D eigenvalue weighted by Crippen LogP contribution is -2.14. The quantitative estimate of drug-likeness (QED) is 0.501. The first-order valence-corrected chi connectivity index (χ1v) is 9.93. The number of thiophene rings is 1. The number of carbonyl (C=O) groups excluding carboxylic acids is 2. The topological polar surface area (TPSA) is 55.4 Å². The van der Waals surface area contributed by atoms with Gasteiger partial charge in [0, 0.05) is 17.2 Å². The molecule has 1 N–H and O–H groups in total. The molecule has 156 valence electrons. The van der Waals surface area contributed by atoms with E-state index >= 15 is 0 Å². The van der Waals surface area contributed by atoms with Crippen LogP contribution in [0.3, 0.4) is 0 Å². The maximum atomic E-state index is 13.2. The SMILES string of the molecule is COC(=O)c1cscc1NC(=O)CCc1ccc(-c2ccccc2C(F)(F)F)cc1. The average Bonchev–Trinajstić information content (AvgIpc) is 3.19. The van der Waals surface area contributed by atoms with E-state index in [0.717, 1.165) is 11.6 Å². The first kappa shape index (κ1) is 21.6. The molecule has 0 aliphatic carbocycles. The number of esters is 1. The van der Waals surface area contributed by atoms with E-state index in [1.807, 2.05) is 0 Å². The fraction of sp³-hybridized carbons (Fsp3) is 0.182. The summed E-state index contributed by atoms with van der Waals surface area (Å²) < 4.78 is 44.3. The molecule has 0 radical (unpaired) electrons. The van der Waals surface area contributed by atoms with Crippen LogP contribution in [0.15, 0.2) is 59.3 Å². The van der Waals surface area contributed by atoms with Gasteiger partial charge in [-0.1, -0.05) is 42.5 Å². The van der Waals surface area contributed by atoms with E-state index in [1.165, 1.54) is 30.6 Å². The van der Waals surface area contributed by atoms with Crippen LogP contribution in [0, 0.1) is 0 Å². The maximum absolute atomic E-state index is 13.2. The molecular weight excluding hydrogens is 415 g/mol. The number of anilines is 1. The Kier molecular flexibility index (Phi) is 6.56. The van der Waals surface area contributed by atoms with Crippen molar-refractivity contribution >= 4 is 28.9 Å². The van der Waals surface area contributed by atoms with Crippen LogP contribution >= 0.6 is 11.3 Å². The zero-order chi connectivity index (χ0) is 21.7. The van der Waals surface area contributed by atoms with E-state index in [1.54, 1.807) is 41.1 Å². The summed E-state index contributed by atoms with van der Waals surface area (Å²) in [5.74, 6) is -0.800. The Hall–Kier alpha value is -3.13. The number of rotatable bonds is 6. The Morgan fingerprint density at radius 3 is 2.40 bits per heavy atom. The van der Waals surface area contributed by atoms with E-state index < -0.39 is 17.7 Å². The minimum absolute atomic E-state index is 0.113. The number of nitrogens with one attached hydrogen (secondary N) is 1. The molecule has 8 heteroatoms. The second-order valence-electron chi connectivity index (χ2n) is 6.48. The number of ether oxygens (including phenoxy) is 1. The van der Waals surface area contributed by atoms with Gasteiger partial charge in [0.15, 0.2) is 0 Å². The van der Waals surface area contributed by atoms with Crippen LogP contribution in [-0.4, -0.2) is 19.0 Å². The number of hydrogen-bond acceptors (Lipinski definition) is 4. The van der Waals surface area contributed by atoms with Crippen molar-refractivity contribution in [3.8, 4) is 11.1 Å². The highest BCUT2D eigenvalue weighted by Crippen LogP contribution is 2.36. The molecule has 0 saturated heterocycles. The predicted octanol–water partition coefficient (Wildman–Crippen LogP) is 5.79. The van der Waals surface area contributed by atoms with E-state index in [9.17, 15) is 22.8 Å². The van der Waals surface area contributed by atoms with Crippen molar-refractivity contribution in [3.63, 3.8) is 0 Å². The molecule has 0 unspecified atom stereocenters. The zero-order valence-electron chi connectivity index (χ0n) is 16.0. The fourth-order valence-electron chi connectivity index (χ4n) is 2.97. The van der Waals surface area contributed by atoms with Gasteiger partial charge in [-0.15, -0.1) is 11.3 Å². The molecule has 3 aromatic rings. The summed E-state index contributed by atoms with van der Waals surface area (Å²) in [6, 6.07) is 12.1. The number of hydrogen-bond donors (Lipinski definition) is 1. The number of halogens is 3. The molecule has 3 rings (SSSR count). The Morgan fingerprint density at radius 1 is 1.03 bits per heavy atom. The van der Waals surface area contributed by atoms with Gasteiger partial charge in [-0.2, -0.15) is 13.2 Å². The van der Waals surface area contributed by atoms with Crippen molar-refractivity contribution in [2.75, 3.05) is 12.4 Å². The van der Waals surface area contributed by atoms with Crippen molar-refractivity contribution in [2.24, 2.45) is 0 Å². The maximum Gasteiger partial charge on any atom is 0.417 e. The number of amides is 1. The molecular formula is C22H18F3NO3S. The molecule has 0 aliphatic rings. The summed E-state index contributed by atoms with van der Waals surface area (Å²) >= 11 is 1.27. The summed E-state index contributed by atoms with van der Waals surface area (Å²) in [6.07, 6.45) is -3.86. The molecule has 1 amide bonds. The summed E-state index contributed by atoms with van der Waals surface area (Å²) in [4.78, 5) is 23.9.